The Hall–Kier alpha value is -4.68. The molecule has 296 valence electrons. The van der Waals surface area contributed by atoms with Gasteiger partial charge in [0.1, 0.15) is 6.26 Å². The van der Waals surface area contributed by atoms with Gasteiger partial charge >= 0.3 is 17.9 Å². The third kappa shape index (κ3) is 11.4. The molecule has 1 amide bonds. The van der Waals surface area contributed by atoms with E-state index in [4.69, 9.17) is 43.6 Å². The van der Waals surface area contributed by atoms with Crippen molar-refractivity contribution in [1.29, 1.82) is 5.26 Å². The zero-order valence-electron chi connectivity index (χ0n) is 30.9. The van der Waals surface area contributed by atoms with E-state index in [1.54, 1.807) is 23.3 Å². The molecule has 12 nitrogen and oxygen atoms in total. The third-order valence-electron chi connectivity index (χ3n) is 9.87. The Kier molecular flexibility index (Phi) is 15.7. The maximum atomic E-state index is 13.8. The Morgan fingerprint density at radius 2 is 1.54 bits per heavy atom. The number of likely N-dealkylation sites (N-methyl/N-ethyl adjacent to an activating group) is 1. The van der Waals surface area contributed by atoms with E-state index in [1.807, 2.05) is 67.7 Å². The van der Waals surface area contributed by atoms with Gasteiger partial charge in [0.05, 0.1) is 34.5 Å². The largest absolute Gasteiger partial charge is 0.612 e. The Balaban J connectivity index is 0.000000460. The van der Waals surface area contributed by atoms with Crippen molar-refractivity contribution >= 4 is 69.0 Å². The van der Waals surface area contributed by atoms with Gasteiger partial charge in [0, 0.05) is 36.0 Å². The monoisotopic (exact) mass is 823 g/mol. The second kappa shape index (κ2) is 20.0. The van der Waals surface area contributed by atoms with E-state index < -0.39 is 47.5 Å². The number of aliphatic hydroxyl groups is 1. The van der Waals surface area contributed by atoms with Gasteiger partial charge in [-0.05, 0) is 97.3 Å². The summed E-state index contributed by atoms with van der Waals surface area (Å²) in [6, 6.07) is 27.1. The molecule has 0 saturated carbocycles. The fraction of sp³-hybridized carbons (Fsp3) is 0.341. The number of amides is 1. The maximum absolute atomic E-state index is 13.8. The molecule has 0 bridgehead atoms. The third-order valence-corrected chi connectivity index (χ3v) is 11.6. The van der Waals surface area contributed by atoms with E-state index in [-0.39, 0.29) is 11.8 Å². The highest BCUT2D eigenvalue weighted by Crippen LogP contribution is 2.34. The van der Waals surface area contributed by atoms with Crippen molar-refractivity contribution in [3.63, 3.8) is 0 Å². The van der Waals surface area contributed by atoms with Gasteiger partial charge in [0.2, 0.25) is 0 Å². The molecule has 1 heterocycles. The zero-order chi connectivity index (χ0) is 41.2. The summed E-state index contributed by atoms with van der Waals surface area (Å²) in [6.07, 6.45) is 2.36. The van der Waals surface area contributed by atoms with Gasteiger partial charge in [0.15, 0.2) is 10.5 Å². The Bertz CT molecular complexity index is 2080. The van der Waals surface area contributed by atoms with Gasteiger partial charge in [-0.1, -0.05) is 71.7 Å². The number of hydrogen-bond donors (Lipinski definition) is 4. The van der Waals surface area contributed by atoms with Crippen LogP contribution in [-0.4, -0.2) is 104 Å². The van der Waals surface area contributed by atoms with Crippen LogP contribution in [-0.2, 0) is 25.6 Å². The van der Waals surface area contributed by atoms with Gasteiger partial charge in [-0.15, -0.1) is 0 Å². The molecule has 4 aromatic carbocycles. The number of piperidine rings is 1. The molecule has 15 heteroatoms. The first-order chi connectivity index (χ1) is 26.5. The minimum atomic E-state index is -2.74. The summed E-state index contributed by atoms with van der Waals surface area (Å²) in [7, 11) is 1.83. The number of rotatable bonds is 14. The molecule has 1 aliphatic heterocycles. The second-order valence-corrected chi connectivity index (χ2v) is 15.9. The Morgan fingerprint density at radius 1 is 0.929 bits per heavy atom. The predicted octanol–water partition coefficient (Wildman–Crippen LogP) is 6.63. The number of carboxylic acids is 3. The topological polar surface area (TPSA) is 203 Å². The summed E-state index contributed by atoms with van der Waals surface area (Å²) in [5.41, 5.74) is 0.664. The van der Waals surface area contributed by atoms with Crippen molar-refractivity contribution in [2.24, 2.45) is 0 Å². The van der Waals surface area contributed by atoms with Crippen molar-refractivity contribution in [3.8, 4) is 6.07 Å². The molecule has 4 aromatic rings. The maximum Gasteiger partial charge on any atom is 0.336 e. The van der Waals surface area contributed by atoms with Crippen molar-refractivity contribution in [1.82, 2.24) is 9.80 Å². The Morgan fingerprint density at radius 3 is 2.11 bits per heavy atom. The first kappa shape index (κ1) is 44.0. The van der Waals surface area contributed by atoms with Gasteiger partial charge < -0.3 is 34.8 Å². The van der Waals surface area contributed by atoms with Crippen molar-refractivity contribution in [2.45, 2.75) is 54.4 Å². The van der Waals surface area contributed by atoms with Crippen LogP contribution in [0, 0.1) is 11.3 Å². The lowest BCUT2D eigenvalue weighted by Gasteiger charge is -2.34. The van der Waals surface area contributed by atoms with Crippen LogP contribution in [0.15, 0.2) is 83.8 Å². The molecule has 1 fully saturated rings. The minimum absolute atomic E-state index is 0.0503. The highest BCUT2D eigenvalue weighted by atomic mass is 35.5. The van der Waals surface area contributed by atoms with Gasteiger partial charge in [0.25, 0.3) is 5.91 Å². The van der Waals surface area contributed by atoms with E-state index in [9.17, 15) is 29.0 Å². The van der Waals surface area contributed by atoms with Crippen LogP contribution >= 0.6 is 23.2 Å². The number of carbonyl (C=O) groups excluding carboxylic acids is 1. The molecule has 4 N–H and O–H groups in total. The fourth-order valence-corrected chi connectivity index (χ4v) is 8.07. The molecule has 1 saturated heterocycles. The summed E-state index contributed by atoms with van der Waals surface area (Å²) >= 11 is 11.7. The van der Waals surface area contributed by atoms with E-state index in [2.05, 4.69) is 17.0 Å². The highest BCUT2D eigenvalue weighted by molar-refractivity contribution is 7.90. The van der Waals surface area contributed by atoms with Crippen LogP contribution in [0.4, 0.5) is 0 Å². The number of likely N-dealkylation sites (tertiary alicyclic amines) is 1. The molecule has 2 atom stereocenters. The molecular formula is C41H43Cl2N3O9S. The molecule has 1 aliphatic rings. The van der Waals surface area contributed by atoms with Crippen LogP contribution < -0.4 is 0 Å². The molecule has 0 aromatic heterocycles. The summed E-state index contributed by atoms with van der Waals surface area (Å²) in [5.74, 6) is -4.64. The number of carboxylic acid groups (broad SMARTS) is 3. The zero-order valence-corrected chi connectivity index (χ0v) is 33.2. The lowest BCUT2D eigenvalue weighted by atomic mass is 9.88. The quantitative estimate of drug-likeness (QED) is 0.0994. The number of benzene rings is 4. The summed E-state index contributed by atoms with van der Waals surface area (Å²) in [6.45, 7) is 3.34. The molecule has 1 unspecified atom stereocenters. The molecule has 0 radical (unpaired) electrons. The summed E-state index contributed by atoms with van der Waals surface area (Å²) < 4.78 is 12.3. The predicted molar refractivity (Wildman–Crippen MR) is 214 cm³/mol. The lowest BCUT2D eigenvalue weighted by Crippen LogP contribution is -2.42. The minimum Gasteiger partial charge on any atom is -0.612 e. The molecule has 0 aliphatic carbocycles. The first-order valence-electron chi connectivity index (χ1n) is 17.7. The number of halogens is 2. The number of aliphatic carboxylic acids is 3. The van der Waals surface area contributed by atoms with Crippen molar-refractivity contribution in [2.75, 3.05) is 39.5 Å². The number of hydrogen-bond acceptors (Lipinski definition) is 8. The molecule has 56 heavy (non-hydrogen) atoms. The average molecular weight is 825 g/mol. The van der Waals surface area contributed by atoms with Gasteiger partial charge in [-0.25, -0.2) is 4.79 Å². The van der Waals surface area contributed by atoms with Crippen LogP contribution in [0.5, 0.6) is 0 Å². The van der Waals surface area contributed by atoms with E-state index >= 15 is 0 Å². The van der Waals surface area contributed by atoms with E-state index in [0.717, 1.165) is 60.1 Å². The second-order valence-electron chi connectivity index (χ2n) is 13.7. The number of carbonyl (C=O) groups is 4. The van der Waals surface area contributed by atoms with Gasteiger partial charge in [-0.2, -0.15) is 5.26 Å². The SMILES string of the molecule is CN(CC(CCN1CCC(c2ccccc2[S@+](C)[O-])CC1)c1ccc(Cl)c(Cl)c1)C(=O)c1ccc(C#N)c2ccccc12.O=C(O)CC(O)(CC(=O)O)C(=O)O. The van der Waals surface area contributed by atoms with Crippen molar-refractivity contribution in [3.05, 3.63) is 111 Å². The standard InChI is InChI=1S/C35H35Cl2N3O2S.C6H8O7/c1-39(35(41)31-13-11-26(22-38)28-7-3-4-9-30(28)31)23-27(25-12-14-32(36)33(37)21-25)17-20-40-18-15-24(16-19-40)29-8-5-6-10-34(29)43(2)42;7-3(8)1-6(13,5(11)12)2-4(9)10/h3-14,21,24,27H,15-20,23H2,1-2H3;13H,1-2H2,(H,7,8)(H,9,10)(H,11,12)/t27?,43-;/m0./s1. The van der Waals surface area contributed by atoms with E-state index in [1.165, 1.54) is 5.56 Å². The fourth-order valence-electron chi connectivity index (χ4n) is 6.93. The van der Waals surface area contributed by atoms with Crippen LogP contribution in [0.25, 0.3) is 10.8 Å². The summed E-state index contributed by atoms with van der Waals surface area (Å²) in [4.78, 5) is 49.5. The average Bonchev–Trinajstić information content (AvgIpc) is 3.16. The van der Waals surface area contributed by atoms with E-state index in [0.29, 0.717) is 33.6 Å². The number of nitrogens with zero attached hydrogens (tertiary/aromatic N) is 3. The van der Waals surface area contributed by atoms with Crippen LogP contribution in [0.2, 0.25) is 10.0 Å². The lowest BCUT2D eigenvalue weighted by molar-refractivity contribution is -0.170. The number of nitriles is 1. The number of fused-ring (bicyclic) bond motifs is 1. The smallest absolute Gasteiger partial charge is 0.336 e. The highest BCUT2D eigenvalue weighted by Gasteiger charge is 2.40. The van der Waals surface area contributed by atoms with Crippen molar-refractivity contribution < 1.29 is 44.2 Å². The normalized spacial score (nSPS) is 14.5. The molecule has 5 rings (SSSR count). The summed E-state index contributed by atoms with van der Waals surface area (Å²) in [5, 5.41) is 45.9. The Labute approximate surface area is 338 Å². The molecular weight excluding hydrogens is 781 g/mol. The molecule has 0 spiro atoms. The van der Waals surface area contributed by atoms with Gasteiger partial charge in [-0.3, -0.25) is 14.4 Å². The van der Waals surface area contributed by atoms with Crippen LogP contribution in [0.3, 0.4) is 0 Å². The first-order valence-corrected chi connectivity index (χ1v) is 20.0. The van der Waals surface area contributed by atoms with Crippen LogP contribution in [0.1, 0.15) is 71.0 Å².